The predicted molar refractivity (Wildman–Crippen MR) is 67.4 cm³/mol. The Labute approximate surface area is 104 Å². The van der Waals surface area contributed by atoms with Crippen molar-refractivity contribution in [3.63, 3.8) is 0 Å². The van der Waals surface area contributed by atoms with E-state index < -0.39 is 0 Å². The third-order valence-corrected chi connectivity index (χ3v) is 2.75. The smallest absolute Gasteiger partial charge is 0.258 e. The second kappa shape index (κ2) is 4.97. The fourth-order valence-corrected chi connectivity index (χ4v) is 1.79. The van der Waals surface area contributed by atoms with E-state index in [1.165, 1.54) is 6.07 Å². The van der Waals surface area contributed by atoms with Gasteiger partial charge in [0.2, 0.25) is 0 Å². The zero-order chi connectivity index (χ0) is 12.3. The van der Waals surface area contributed by atoms with Crippen LogP contribution in [0, 0.1) is 10.1 Å². The van der Waals surface area contributed by atoms with Gasteiger partial charge in [-0.25, -0.2) is 0 Å². The van der Waals surface area contributed by atoms with E-state index in [0.29, 0.717) is 17.0 Å². The summed E-state index contributed by atoms with van der Waals surface area (Å²) in [7, 11) is 0. The molecule has 0 aliphatic rings. The molecule has 3 nitrogen and oxygen atoms in total. The second-order valence-corrected chi connectivity index (χ2v) is 4.13. The van der Waals surface area contributed by atoms with Gasteiger partial charge in [0.25, 0.3) is 5.69 Å². The lowest BCUT2D eigenvalue weighted by Crippen LogP contribution is -1.96. The van der Waals surface area contributed by atoms with E-state index in [1.54, 1.807) is 30.3 Å². The summed E-state index contributed by atoms with van der Waals surface area (Å²) in [6.45, 7) is 0. The van der Waals surface area contributed by atoms with E-state index in [1.807, 2.05) is 12.1 Å². The minimum atomic E-state index is -0.356. The Morgan fingerprint density at radius 1 is 1.06 bits per heavy atom. The van der Waals surface area contributed by atoms with Gasteiger partial charge in [-0.3, -0.25) is 10.1 Å². The van der Waals surface area contributed by atoms with Crippen LogP contribution in [0.1, 0.15) is 11.1 Å². The summed E-state index contributed by atoms with van der Waals surface area (Å²) >= 11 is 5.79. The number of nitro groups is 1. The third kappa shape index (κ3) is 2.82. The van der Waals surface area contributed by atoms with Crippen LogP contribution in [0.3, 0.4) is 0 Å². The number of rotatable bonds is 3. The maximum Gasteiger partial charge on any atom is 0.272 e. The summed E-state index contributed by atoms with van der Waals surface area (Å²) in [6, 6.07) is 14.1. The molecule has 0 fully saturated rings. The van der Waals surface area contributed by atoms with Gasteiger partial charge in [-0.1, -0.05) is 41.9 Å². The van der Waals surface area contributed by atoms with E-state index in [2.05, 4.69) is 0 Å². The fourth-order valence-electron chi connectivity index (χ4n) is 1.66. The summed E-state index contributed by atoms with van der Waals surface area (Å²) in [5.41, 5.74) is 1.87. The molecule has 0 amide bonds. The van der Waals surface area contributed by atoms with Gasteiger partial charge in [-0.05, 0) is 17.7 Å². The molecule has 0 unspecified atom stereocenters. The van der Waals surface area contributed by atoms with Crippen LogP contribution >= 0.6 is 11.6 Å². The van der Waals surface area contributed by atoms with E-state index in [9.17, 15) is 10.1 Å². The molecule has 0 N–H and O–H groups in total. The molecule has 2 aromatic carbocycles. The number of hydrogen-bond acceptors (Lipinski definition) is 2. The number of para-hydroxylation sites is 1. The normalized spacial score (nSPS) is 10.2. The lowest BCUT2D eigenvalue weighted by molar-refractivity contribution is -0.385. The molecule has 0 saturated carbocycles. The lowest BCUT2D eigenvalue weighted by Gasteiger charge is -2.03. The van der Waals surface area contributed by atoms with Crippen molar-refractivity contribution in [2.45, 2.75) is 6.42 Å². The number of halogens is 1. The van der Waals surface area contributed by atoms with Crippen LogP contribution in [0.2, 0.25) is 5.02 Å². The topological polar surface area (TPSA) is 43.1 Å². The van der Waals surface area contributed by atoms with Crippen molar-refractivity contribution in [1.82, 2.24) is 0 Å². The Hall–Kier alpha value is -1.87. The molecule has 2 aromatic rings. The summed E-state index contributed by atoms with van der Waals surface area (Å²) < 4.78 is 0. The van der Waals surface area contributed by atoms with Crippen LogP contribution < -0.4 is 0 Å². The first-order chi connectivity index (χ1) is 8.16. The number of hydrogen-bond donors (Lipinski definition) is 0. The number of nitro benzene ring substituents is 1. The zero-order valence-corrected chi connectivity index (χ0v) is 9.72. The van der Waals surface area contributed by atoms with Gasteiger partial charge in [-0.2, -0.15) is 0 Å². The number of nitrogens with zero attached hydrogens (tertiary/aromatic N) is 1. The predicted octanol–water partition coefficient (Wildman–Crippen LogP) is 3.84. The fraction of sp³-hybridized carbons (Fsp3) is 0.0769. The highest BCUT2D eigenvalue weighted by molar-refractivity contribution is 6.30. The molecular formula is C13H10ClNO2. The minimum Gasteiger partial charge on any atom is -0.258 e. The van der Waals surface area contributed by atoms with Crippen molar-refractivity contribution in [2.24, 2.45) is 0 Å². The molecule has 0 atom stereocenters. The van der Waals surface area contributed by atoms with E-state index in [-0.39, 0.29) is 10.6 Å². The van der Waals surface area contributed by atoms with Crippen molar-refractivity contribution in [3.8, 4) is 0 Å². The van der Waals surface area contributed by atoms with Gasteiger partial charge in [-0.15, -0.1) is 0 Å². The van der Waals surface area contributed by atoms with Crippen molar-refractivity contribution in [1.29, 1.82) is 0 Å². The molecule has 17 heavy (non-hydrogen) atoms. The maximum atomic E-state index is 10.9. The molecule has 86 valence electrons. The number of benzene rings is 2. The van der Waals surface area contributed by atoms with Crippen LogP contribution in [-0.2, 0) is 6.42 Å². The van der Waals surface area contributed by atoms with Crippen molar-refractivity contribution >= 4 is 17.3 Å². The minimum absolute atomic E-state index is 0.155. The summed E-state index contributed by atoms with van der Waals surface area (Å²) in [4.78, 5) is 10.5. The van der Waals surface area contributed by atoms with Crippen molar-refractivity contribution in [2.75, 3.05) is 0 Å². The molecule has 0 saturated heterocycles. The SMILES string of the molecule is O=[N+]([O-])c1ccccc1Cc1ccc(Cl)cc1. The summed E-state index contributed by atoms with van der Waals surface area (Å²) in [6.07, 6.45) is 0.536. The van der Waals surface area contributed by atoms with Gasteiger partial charge in [0.1, 0.15) is 0 Å². The zero-order valence-electron chi connectivity index (χ0n) is 8.97. The summed E-state index contributed by atoms with van der Waals surface area (Å²) in [5.74, 6) is 0. The largest absolute Gasteiger partial charge is 0.272 e. The highest BCUT2D eigenvalue weighted by Gasteiger charge is 2.12. The average Bonchev–Trinajstić information content (AvgIpc) is 2.32. The quantitative estimate of drug-likeness (QED) is 0.611. The maximum absolute atomic E-state index is 10.9. The molecule has 0 aliphatic heterocycles. The highest BCUT2D eigenvalue weighted by atomic mass is 35.5. The van der Waals surface area contributed by atoms with Crippen molar-refractivity contribution < 1.29 is 4.92 Å². The standard InChI is InChI=1S/C13H10ClNO2/c14-12-7-5-10(6-8-12)9-11-3-1-2-4-13(11)15(16)17/h1-8H,9H2. The van der Waals surface area contributed by atoms with Crippen molar-refractivity contribution in [3.05, 3.63) is 74.8 Å². The highest BCUT2D eigenvalue weighted by Crippen LogP contribution is 2.21. The summed E-state index contributed by atoms with van der Waals surface area (Å²) in [5, 5.41) is 11.5. The van der Waals surface area contributed by atoms with Crippen LogP contribution in [0.25, 0.3) is 0 Å². The second-order valence-electron chi connectivity index (χ2n) is 3.69. The first-order valence-corrected chi connectivity index (χ1v) is 5.51. The Kier molecular flexibility index (Phi) is 3.40. The Bertz CT molecular complexity index is 537. The molecule has 0 aromatic heterocycles. The van der Waals surface area contributed by atoms with Gasteiger partial charge in [0, 0.05) is 23.1 Å². The monoisotopic (exact) mass is 247 g/mol. The van der Waals surface area contributed by atoms with Gasteiger partial charge in [0.15, 0.2) is 0 Å². The van der Waals surface area contributed by atoms with E-state index >= 15 is 0 Å². The molecule has 0 aliphatic carbocycles. The molecule has 2 rings (SSSR count). The van der Waals surface area contributed by atoms with E-state index in [0.717, 1.165) is 5.56 Å². The molecule has 0 spiro atoms. The first-order valence-electron chi connectivity index (χ1n) is 5.13. The molecule has 0 radical (unpaired) electrons. The van der Waals surface area contributed by atoms with Crippen LogP contribution in [-0.4, -0.2) is 4.92 Å². The average molecular weight is 248 g/mol. The molecule has 0 heterocycles. The van der Waals surface area contributed by atoms with Gasteiger partial charge < -0.3 is 0 Å². The molecule has 0 bridgehead atoms. The Morgan fingerprint density at radius 3 is 2.35 bits per heavy atom. The molecular weight excluding hydrogens is 238 g/mol. The van der Waals surface area contributed by atoms with Crippen LogP contribution in [0.5, 0.6) is 0 Å². The first kappa shape index (κ1) is 11.6. The lowest BCUT2D eigenvalue weighted by atomic mass is 10.0. The van der Waals surface area contributed by atoms with Crippen LogP contribution in [0.15, 0.2) is 48.5 Å². The third-order valence-electron chi connectivity index (χ3n) is 2.50. The molecule has 4 heteroatoms. The Morgan fingerprint density at radius 2 is 1.71 bits per heavy atom. The van der Waals surface area contributed by atoms with Gasteiger partial charge in [0.05, 0.1) is 4.92 Å². The van der Waals surface area contributed by atoms with Gasteiger partial charge >= 0.3 is 0 Å². The van der Waals surface area contributed by atoms with Crippen LogP contribution in [0.4, 0.5) is 5.69 Å². The van der Waals surface area contributed by atoms with E-state index in [4.69, 9.17) is 11.6 Å². The Balaban J connectivity index is 2.30.